The Labute approximate surface area is 268 Å². The molecule has 1 atom stereocenters. The second kappa shape index (κ2) is 22.2. The van der Waals surface area contributed by atoms with Crippen LogP contribution in [-0.2, 0) is 11.3 Å². The molecule has 2 N–H and O–H groups in total. The molecule has 0 bridgehead atoms. The Kier molecular flexibility index (Phi) is 19.5. The molecule has 1 unspecified atom stereocenters. The maximum atomic E-state index is 13.4. The Morgan fingerprint density at radius 3 is 2.41 bits per heavy atom. The highest BCUT2D eigenvalue weighted by Gasteiger charge is 2.19. The number of rotatable bonds is 17. The Morgan fingerprint density at radius 1 is 1.09 bits per heavy atom. The van der Waals surface area contributed by atoms with Crippen LogP contribution in [0.15, 0.2) is 77.3 Å². The van der Waals surface area contributed by atoms with Gasteiger partial charge in [-0.2, -0.15) is 11.8 Å². The Morgan fingerprint density at radius 2 is 1.80 bits per heavy atom. The number of nitrogens with one attached hydrogen (secondary N) is 1. The van der Waals surface area contributed by atoms with E-state index in [2.05, 4.69) is 30.7 Å². The first-order valence-corrected chi connectivity index (χ1v) is 16.6. The molecular weight excluding hydrogens is 573 g/mol. The predicted molar refractivity (Wildman–Crippen MR) is 185 cm³/mol. The molecule has 0 saturated heterocycles. The van der Waals surface area contributed by atoms with Crippen molar-refractivity contribution in [2.45, 2.75) is 85.2 Å². The number of aliphatic imine (C=N–C) groups is 1. The number of carbonyl (C=O) groups excluding carboxylic acids is 2. The van der Waals surface area contributed by atoms with Gasteiger partial charge in [0.2, 0.25) is 0 Å². The monoisotopic (exact) mass is 625 g/mol. The smallest absolute Gasteiger partial charge is 0.317 e. The molecule has 2 amide bonds. The van der Waals surface area contributed by atoms with Crippen LogP contribution in [0.1, 0.15) is 83.8 Å². The van der Waals surface area contributed by atoms with Gasteiger partial charge in [-0.15, -0.1) is 0 Å². The van der Waals surface area contributed by atoms with Crippen molar-refractivity contribution < 1.29 is 19.1 Å². The fourth-order valence-electron chi connectivity index (χ4n) is 4.57. The second-order valence-corrected chi connectivity index (χ2v) is 12.2. The van der Waals surface area contributed by atoms with Crippen molar-refractivity contribution >= 4 is 29.3 Å². The zero-order chi connectivity index (χ0) is 32.9. The molecule has 0 fully saturated rings. The molecule has 2 aromatic rings. The van der Waals surface area contributed by atoms with Gasteiger partial charge in [-0.1, -0.05) is 74.0 Å². The first-order valence-electron chi connectivity index (χ1n) is 15.4. The summed E-state index contributed by atoms with van der Waals surface area (Å²) in [6.45, 7) is 12.1. The zero-order valence-electron chi connectivity index (χ0n) is 27.5. The highest BCUT2D eigenvalue weighted by Crippen LogP contribution is 2.21. The van der Waals surface area contributed by atoms with E-state index in [-0.39, 0.29) is 24.4 Å². The number of phenolic OH excluding ortho intramolecular Hbond substituents is 1. The number of benzene rings is 2. The lowest BCUT2D eigenvalue weighted by Crippen LogP contribution is -2.43. The molecule has 0 heterocycles. The van der Waals surface area contributed by atoms with Crippen LogP contribution in [-0.4, -0.2) is 59.2 Å². The van der Waals surface area contributed by atoms with Gasteiger partial charge in [-0.3, -0.25) is 9.79 Å². The van der Waals surface area contributed by atoms with Crippen molar-refractivity contribution in [3.8, 4) is 5.75 Å². The quantitative estimate of drug-likeness (QED) is 0.105. The number of carbonyl (C=O) groups is 2. The van der Waals surface area contributed by atoms with Crippen LogP contribution in [0, 0.1) is 5.82 Å². The first-order chi connectivity index (χ1) is 21.0. The molecule has 6 nitrogen and oxygen atoms in total. The van der Waals surface area contributed by atoms with E-state index in [0.29, 0.717) is 12.0 Å². The van der Waals surface area contributed by atoms with Crippen molar-refractivity contribution in [2.24, 2.45) is 4.99 Å². The van der Waals surface area contributed by atoms with Crippen LogP contribution >= 0.6 is 11.8 Å². The number of urea groups is 1. The van der Waals surface area contributed by atoms with Gasteiger partial charge in [0, 0.05) is 38.7 Å². The maximum Gasteiger partial charge on any atom is 0.317 e. The third-order valence-electron chi connectivity index (χ3n) is 7.06. The van der Waals surface area contributed by atoms with Gasteiger partial charge in [0.25, 0.3) is 0 Å². The van der Waals surface area contributed by atoms with Gasteiger partial charge >= 0.3 is 6.03 Å². The van der Waals surface area contributed by atoms with E-state index >= 15 is 0 Å². The third kappa shape index (κ3) is 15.4. The standard InChI is InChI=1S/C22H35FN2O2S.C14H17NO/c1-5-14-28-15-8-9-17(3)12-13-19(6-2)25(4)22(27)24-16-18-10-7-11-20(23)21(18)26;1-11(9-12(2)16)10-14(15-3)13-7-5-4-6-8-13/h7,10-11,19,26H,3,5-6,8-9,12-16H2,1-2,4H3,(H,24,27);4-8,10H,9H2,1-3H3/b;11-10+,15-14?. The molecule has 8 heteroatoms. The Bertz CT molecular complexity index is 1230. The maximum absolute atomic E-state index is 13.4. The highest BCUT2D eigenvalue weighted by molar-refractivity contribution is 7.99. The summed E-state index contributed by atoms with van der Waals surface area (Å²) in [5.41, 5.74) is 4.64. The van der Waals surface area contributed by atoms with E-state index < -0.39 is 11.6 Å². The van der Waals surface area contributed by atoms with E-state index in [9.17, 15) is 19.1 Å². The summed E-state index contributed by atoms with van der Waals surface area (Å²) >= 11 is 1.99. The Balaban J connectivity index is 0.000000511. The van der Waals surface area contributed by atoms with E-state index in [1.54, 1.807) is 32.0 Å². The zero-order valence-corrected chi connectivity index (χ0v) is 28.3. The minimum Gasteiger partial charge on any atom is -0.505 e. The molecule has 0 aromatic heterocycles. The van der Waals surface area contributed by atoms with Gasteiger partial charge in [0.1, 0.15) is 5.78 Å². The second-order valence-electron chi connectivity index (χ2n) is 10.9. The molecule has 44 heavy (non-hydrogen) atoms. The average molecular weight is 626 g/mol. The number of para-hydroxylation sites is 1. The molecule has 0 radical (unpaired) electrons. The molecule has 0 aliphatic heterocycles. The van der Waals surface area contributed by atoms with Crippen LogP contribution in [0.5, 0.6) is 5.75 Å². The summed E-state index contributed by atoms with van der Waals surface area (Å²) in [4.78, 5) is 29.4. The first kappa shape index (κ1) is 38.6. The van der Waals surface area contributed by atoms with Gasteiger partial charge in [-0.05, 0) is 81.6 Å². The molecule has 0 aliphatic carbocycles. The fourth-order valence-corrected chi connectivity index (χ4v) is 5.41. The van der Waals surface area contributed by atoms with E-state index in [1.165, 1.54) is 35.6 Å². The summed E-state index contributed by atoms with van der Waals surface area (Å²) in [5, 5.41) is 12.5. The van der Waals surface area contributed by atoms with Crippen molar-refractivity contribution in [3.63, 3.8) is 0 Å². The van der Waals surface area contributed by atoms with Crippen LogP contribution in [0.2, 0.25) is 0 Å². The largest absolute Gasteiger partial charge is 0.505 e. The number of allylic oxidation sites excluding steroid dienone is 3. The topological polar surface area (TPSA) is 82.0 Å². The summed E-state index contributed by atoms with van der Waals surface area (Å²) < 4.78 is 13.4. The molecule has 242 valence electrons. The van der Waals surface area contributed by atoms with E-state index in [1.807, 2.05) is 55.1 Å². The molecule has 2 rings (SSSR count). The lowest BCUT2D eigenvalue weighted by atomic mass is 10.0. The number of Topliss-reactive ketones (excluding diaryl/α,β-unsaturated/α-hetero) is 1. The molecule has 0 spiro atoms. The molecule has 2 aromatic carbocycles. The summed E-state index contributed by atoms with van der Waals surface area (Å²) in [7, 11) is 3.54. The minimum atomic E-state index is -0.682. The number of hydrogen-bond donors (Lipinski definition) is 2. The number of phenols is 1. The number of halogens is 1. The van der Waals surface area contributed by atoms with Crippen molar-refractivity contribution in [3.05, 3.63) is 89.3 Å². The molecule has 0 aliphatic rings. The van der Waals surface area contributed by atoms with Crippen molar-refractivity contribution in [1.82, 2.24) is 10.2 Å². The van der Waals surface area contributed by atoms with Crippen LogP contribution in [0.4, 0.5) is 9.18 Å². The normalized spacial score (nSPS) is 12.2. The van der Waals surface area contributed by atoms with Crippen LogP contribution in [0.25, 0.3) is 0 Å². The van der Waals surface area contributed by atoms with Crippen LogP contribution in [0.3, 0.4) is 0 Å². The third-order valence-corrected chi connectivity index (χ3v) is 8.33. The summed E-state index contributed by atoms with van der Waals surface area (Å²) in [5.74, 6) is 1.48. The minimum absolute atomic E-state index is 0.0886. The van der Waals surface area contributed by atoms with Crippen molar-refractivity contribution in [1.29, 1.82) is 0 Å². The lowest BCUT2D eigenvalue weighted by molar-refractivity contribution is -0.116. The lowest BCUT2D eigenvalue weighted by Gasteiger charge is -2.28. The summed E-state index contributed by atoms with van der Waals surface area (Å²) in [6, 6.07) is 14.2. The highest BCUT2D eigenvalue weighted by atomic mass is 32.2. The predicted octanol–water partition coefficient (Wildman–Crippen LogP) is 8.74. The van der Waals surface area contributed by atoms with Gasteiger partial charge in [0.05, 0.1) is 5.71 Å². The van der Waals surface area contributed by atoms with Crippen LogP contribution < -0.4 is 5.32 Å². The molecule has 0 saturated carbocycles. The van der Waals surface area contributed by atoms with Gasteiger partial charge in [0.15, 0.2) is 11.6 Å². The summed E-state index contributed by atoms with van der Waals surface area (Å²) in [6.07, 6.45) is 8.54. The van der Waals surface area contributed by atoms with Gasteiger partial charge in [-0.25, -0.2) is 9.18 Å². The number of thioether (sulfide) groups is 1. The van der Waals surface area contributed by atoms with E-state index in [4.69, 9.17) is 0 Å². The van der Waals surface area contributed by atoms with Gasteiger partial charge < -0.3 is 15.3 Å². The Hall–Kier alpha value is -3.39. The average Bonchev–Trinajstić information content (AvgIpc) is 3.01. The van der Waals surface area contributed by atoms with E-state index in [0.717, 1.165) is 49.0 Å². The SMILES string of the molecule is C=C(CCCSCCC)CCC(CC)N(C)C(=O)NCc1cccc(F)c1O.CN=C(/C=C(\C)CC(C)=O)c1ccccc1. The number of amides is 2. The molecular formula is C36H52FN3O3S. The fraction of sp³-hybridized carbons (Fsp3) is 0.472. The number of ketones is 1. The number of aromatic hydroxyl groups is 1. The van der Waals surface area contributed by atoms with Crippen molar-refractivity contribution in [2.75, 3.05) is 25.6 Å². The number of nitrogens with zero attached hydrogens (tertiary/aromatic N) is 2. The number of hydrogen-bond acceptors (Lipinski definition) is 5.